The molecule has 1 aromatic carbocycles. The average molecular weight is 356 g/mol. The first kappa shape index (κ1) is 13.0. The van der Waals surface area contributed by atoms with Crippen LogP contribution < -0.4 is 0 Å². The van der Waals surface area contributed by atoms with Crippen molar-refractivity contribution < 1.29 is 0 Å². The SMILES string of the molecule is Cc1cc(Br)cn2cc(-c3cccc(Cl)c3Cl)nc12. The number of benzene rings is 1. The van der Waals surface area contributed by atoms with E-state index in [-0.39, 0.29) is 0 Å². The van der Waals surface area contributed by atoms with Gasteiger partial charge in [-0.05, 0) is 40.5 Å². The molecule has 0 aliphatic rings. The maximum atomic E-state index is 6.24. The van der Waals surface area contributed by atoms with Gasteiger partial charge in [0, 0.05) is 22.4 Å². The van der Waals surface area contributed by atoms with Crippen molar-refractivity contribution in [1.29, 1.82) is 0 Å². The van der Waals surface area contributed by atoms with Gasteiger partial charge in [-0.1, -0.05) is 35.3 Å². The Balaban J connectivity index is 2.26. The van der Waals surface area contributed by atoms with Crippen LogP contribution in [0.25, 0.3) is 16.9 Å². The molecule has 2 heterocycles. The highest BCUT2D eigenvalue weighted by Gasteiger charge is 2.11. The van der Waals surface area contributed by atoms with E-state index < -0.39 is 0 Å². The van der Waals surface area contributed by atoms with Gasteiger partial charge in [-0.3, -0.25) is 0 Å². The fourth-order valence-corrected chi connectivity index (χ4v) is 3.02. The first-order valence-corrected chi connectivity index (χ1v) is 7.20. The highest BCUT2D eigenvalue weighted by atomic mass is 79.9. The second-order valence-corrected chi connectivity index (χ2v) is 6.00. The minimum absolute atomic E-state index is 0.532. The summed E-state index contributed by atoms with van der Waals surface area (Å²) in [4.78, 5) is 4.62. The molecule has 0 saturated carbocycles. The topological polar surface area (TPSA) is 17.3 Å². The number of nitrogens with zero attached hydrogens (tertiary/aromatic N) is 2. The van der Waals surface area contributed by atoms with Gasteiger partial charge in [0.2, 0.25) is 0 Å². The van der Waals surface area contributed by atoms with Crippen LogP contribution in [0.1, 0.15) is 5.56 Å². The molecule has 0 saturated heterocycles. The first-order chi connectivity index (χ1) is 9.06. The Morgan fingerprint density at radius 3 is 2.79 bits per heavy atom. The Kier molecular flexibility index (Phi) is 3.29. The van der Waals surface area contributed by atoms with Crippen LogP contribution in [-0.4, -0.2) is 9.38 Å². The predicted octanol–water partition coefficient (Wildman–Crippen LogP) is 5.38. The molecular weight excluding hydrogens is 347 g/mol. The molecule has 0 N–H and O–H groups in total. The summed E-state index contributed by atoms with van der Waals surface area (Å²) in [7, 11) is 0. The van der Waals surface area contributed by atoms with Crippen LogP contribution in [0.3, 0.4) is 0 Å². The molecule has 5 heteroatoms. The van der Waals surface area contributed by atoms with E-state index in [9.17, 15) is 0 Å². The molecule has 19 heavy (non-hydrogen) atoms. The van der Waals surface area contributed by atoms with Gasteiger partial charge >= 0.3 is 0 Å². The zero-order valence-corrected chi connectivity index (χ0v) is 13.1. The molecule has 0 atom stereocenters. The van der Waals surface area contributed by atoms with Crippen molar-refractivity contribution in [2.45, 2.75) is 6.92 Å². The van der Waals surface area contributed by atoms with Crippen molar-refractivity contribution in [3.8, 4) is 11.3 Å². The fourth-order valence-electron chi connectivity index (χ4n) is 2.06. The van der Waals surface area contributed by atoms with E-state index in [1.807, 2.05) is 41.9 Å². The lowest BCUT2D eigenvalue weighted by Gasteiger charge is -2.01. The molecule has 0 unspecified atom stereocenters. The van der Waals surface area contributed by atoms with E-state index in [1.165, 1.54) is 0 Å². The minimum Gasteiger partial charge on any atom is -0.305 e. The van der Waals surface area contributed by atoms with E-state index in [2.05, 4.69) is 20.9 Å². The lowest BCUT2D eigenvalue weighted by molar-refractivity contribution is 1.15. The summed E-state index contributed by atoms with van der Waals surface area (Å²) in [6.45, 7) is 2.02. The largest absolute Gasteiger partial charge is 0.305 e. The molecule has 0 bridgehead atoms. The summed E-state index contributed by atoms with van der Waals surface area (Å²) < 4.78 is 2.99. The highest BCUT2D eigenvalue weighted by molar-refractivity contribution is 9.10. The summed E-state index contributed by atoms with van der Waals surface area (Å²) in [6, 6.07) is 7.59. The van der Waals surface area contributed by atoms with Gasteiger partial charge < -0.3 is 4.40 Å². The molecule has 3 rings (SSSR count). The summed E-state index contributed by atoms with van der Waals surface area (Å²) in [5.74, 6) is 0. The summed E-state index contributed by atoms with van der Waals surface area (Å²) in [5, 5.41) is 1.07. The minimum atomic E-state index is 0.532. The molecule has 96 valence electrons. The Labute approximate surface area is 129 Å². The molecule has 2 aromatic heterocycles. The molecule has 0 amide bonds. The van der Waals surface area contributed by atoms with Crippen molar-refractivity contribution in [2.24, 2.45) is 0 Å². The number of pyridine rings is 1. The Morgan fingerprint density at radius 1 is 1.21 bits per heavy atom. The summed E-state index contributed by atoms with van der Waals surface area (Å²) in [6.07, 6.45) is 3.92. The molecule has 3 aromatic rings. The average Bonchev–Trinajstić information content (AvgIpc) is 2.76. The summed E-state index contributed by atoms with van der Waals surface area (Å²) >= 11 is 15.8. The van der Waals surface area contributed by atoms with Gasteiger partial charge in [0.1, 0.15) is 5.65 Å². The third-order valence-corrected chi connectivity index (χ3v) is 4.18. The number of hydrogen-bond acceptors (Lipinski definition) is 1. The van der Waals surface area contributed by atoms with Crippen LogP contribution in [0, 0.1) is 6.92 Å². The Morgan fingerprint density at radius 2 is 2.00 bits per heavy atom. The van der Waals surface area contributed by atoms with Crippen LogP contribution in [0.4, 0.5) is 0 Å². The highest BCUT2D eigenvalue weighted by Crippen LogP contribution is 2.33. The number of hydrogen-bond donors (Lipinski definition) is 0. The monoisotopic (exact) mass is 354 g/mol. The van der Waals surface area contributed by atoms with Crippen LogP contribution >= 0.6 is 39.1 Å². The van der Waals surface area contributed by atoms with Crippen LogP contribution in [0.2, 0.25) is 10.0 Å². The van der Waals surface area contributed by atoms with E-state index in [1.54, 1.807) is 6.07 Å². The van der Waals surface area contributed by atoms with Crippen molar-refractivity contribution >= 4 is 44.8 Å². The second kappa shape index (κ2) is 4.82. The summed E-state index contributed by atoms with van der Waals surface area (Å²) in [5.41, 5.74) is 3.66. The smallest absolute Gasteiger partial charge is 0.140 e. The Hall–Kier alpha value is -1.03. The fraction of sp³-hybridized carbons (Fsp3) is 0.0714. The van der Waals surface area contributed by atoms with E-state index >= 15 is 0 Å². The van der Waals surface area contributed by atoms with Crippen molar-refractivity contribution in [3.63, 3.8) is 0 Å². The number of rotatable bonds is 1. The lowest BCUT2D eigenvalue weighted by atomic mass is 10.2. The van der Waals surface area contributed by atoms with Crippen LogP contribution in [0.5, 0.6) is 0 Å². The van der Waals surface area contributed by atoms with E-state index in [0.29, 0.717) is 10.0 Å². The number of aryl methyl sites for hydroxylation is 1. The van der Waals surface area contributed by atoms with Crippen molar-refractivity contribution in [2.75, 3.05) is 0 Å². The van der Waals surface area contributed by atoms with Gasteiger partial charge in [-0.2, -0.15) is 0 Å². The molecule has 0 aliphatic heterocycles. The molecule has 2 nitrogen and oxygen atoms in total. The molecule has 0 fully saturated rings. The lowest BCUT2D eigenvalue weighted by Crippen LogP contribution is -1.86. The van der Waals surface area contributed by atoms with Crippen LogP contribution in [-0.2, 0) is 0 Å². The zero-order valence-electron chi connectivity index (χ0n) is 9.99. The van der Waals surface area contributed by atoms with Gasteiger partial charge in [0.05, 0.1) is 15.7 Å². The van der Waals surface area contributed by atoms with Crippen LogP contribution in [0.15, 0.2) is 41.1 Å². The Bertz CT molecular complexity index is 780. The molecule has 0 spiro atoms. The standard InChI is InChI=1S/C14H9BrCl2N2/c1-8-5-9(15)6-19-7-12(18-14(8)19)10-3-2-4-11(16)13(10)17/h2-7H,1H3. The van der Waals surface area contributed by atoms with Gasteiger partial charge in [-0.15, -0.1) is 0 Å². The van der Waals surface area contributed by atoms with Gasteiger partial charge in [-0.25, -0.2) is 4.98 Å². The first-order valence-electron chi connectivity index (χ1n) is 5.65. The van der Waals surface area contributed by atoms with Gasteiger partial charge in [0.15, 0.2) is 0 Å². The number of halogens is 3. The predicted molar refractivity (Wildman–Crippen MR) is 83.1 cm³/mol. The number of aromatic nitrogens is 2. The maximum absolute atomic E-state index is 6.24. The third kappa shape index (κ3) is 2.27. The number of fused-ring (bicyclic) bond motifs is 1. The maximum Gasteiger partial charge on any atom is 0.140 e. The van der Waals surface area contributed by atoms with Crippen molar-refractivity contribution in [3.05, 3.63) is 56.7 Å². The van der Waals surface area contributed by atoms with Crippen molar-refractivity contribution in [1.82, 2.24) is 9.38 Å². The quantitative estimate of drug-likeness (QED) is 0.572. The zero-order chi connectivity index (χ0) is 13.6. The normalized spacial score (nSPS) is 11.2. The van der Waals surface area contributed by atoms with Gasteiger partial charge in [0.25, 0.3) is 0 Å². The van der Waals surface area contributed by atoms with E-state index in [0.717, 1.165) is 26.9 Å². The molecule has 0 aliphatic carbocycles. The molecular formula is C14H9BrCl2N2. The number of imidazole rings is 1. The second-order valence-electron chi connectivity index (χ2n) is 4.30. The van der Waals surface area contributed by atoms with E-state index in [4.69, 9.17) is 23.2 Å². The molecule has 0 radical (unpaired) electrons. The third-order valence-electron chi connectivity index (χ3n) is 2.93.